The van der Waals surface area contributed by atoms with E-state index in [2.05, 4.69) is 9.97 Å². The summed E-state index contributed by atoms with van der Waals surface area (Å²) in [7, 11) is -3.88. The van der Waals surface area contributed by atoms with E-state index in [0.717, 1.165) is 12.1 Å². The Labute approximate surface area is 119 Å². The van der Waals surface area contributed by atoms with E-state index in [4.69, 9.17) is 0 Å². The van der Waals surface area contributed by atoms with Crippen LogP contribution >= 0.6 is 0 Å². The fourth-order valence-corrected chi connectivity index (χ4v) is 2.84. The Morgan fingerprint density at radius 1 is 1.14 bits per heavy atom. The number of nitrogens with zero attached hydrogens (tertiary/aromatic N) is 2. The quantitative estimate of drug-likeness (QED) is 0.817. The number of rotatable bonds is 3. The molecule has 0 radical (unpaired) electrons. The molecule has 2 rings (SSSR count). The molecule has 0 spiro atoms. The summed E-state index contributed by atoms with van der Waals surface area (Å²) in [4.78, 5) is 7.39. The molecule has 0 saturated heterocycles. The lowest BCUT2D eigenvalue weighted by Gasteiger charge is -2.08. The van der Waals surface area contributed by atoms with E-state index in [-0.39, 0.29) is 5.56 Å². The van der Waals surface area contributed by atoms with Gasteiger partial charge in [-0.2, -0.15) is 13.2 Å². The molecule has 0 aliphatic heterocycles. The standard InChI is InChI=1S/C13H11F3N2O2S/c1-9-6-17-12(18-7-9)21(19,20)8-10-3-2-4-11(5-10)13(14,15)16/h2-7H,8H2,1H3. The molecular formula is C13H11F3N2O2S. The zero-order chi connectivity index (χ0) is 15.7. The van der Waals surface area contributed by atoms with Crippen molar-refractivity contribution in [3.63, 3.8) is 0 Å². The van der Waals surface area contributed by atoms with Crippen LogP contribution in [0.15, 0.2) is 41.8 Å². The summed E-state index contributed by atoms with van der Waals surface area (Å²) >= 11 is 0. The Kier molecular flexibility index (Phi) is 3.99. The van der Waals surface area contributed by atoms with Crippen molar-refractivity contribution >= 4 is 9.84 Å². The maximum absolute atomic E-state index is 12.6. The number of aryl methyl sites for hydroxylation is 1. The molecule has 112 valence electrons. The van der Waals surface area contributed by atoms with Gasteiger partial charge in [-0.3, -0.25) is 0 Å². The van der Waals surface area contributed by atoms with Gasteiger partial charge in [-0.1, -0.05) is 18.2 Å². The van der Waals surface area contributed by atoms with Crippen LogP contribution in [0, 0.1) is 6.92 Å². The van der Waals surface area contributed by atoms with Crippen LogP contribution in [-0.2, 0) is 21.8 Å². The fraction of sp³-hybridized carbons (Fsp3) is 0.231. The number of sulfone groups is 1. The van der Waals surface area contributed by atoms with Crippen molar-refractivity contribution in [2.75, 3.05) is 0 Å². The van der Waals surface area contributed by atoms with Crippen molar-refractivity contribution < 1.29 is 21.6 Å². The third-order valence-electron chi connectivity index (χ3n) is 2.65. The zero-order valence-corrected chi connectivity index (χ0v) is 11.7. The summed E-state index contributed by atoms with van der Waals surface area (Å²) in [5, 5.41) is -0.398. The van der Waals surface area contributed by atoms with Crippen molar-refractivity contribution in [2.45, 2.75) is 24.0 Å². The van der Waals surface area contributed by atoms with Crippen LogP contribution in [0.4, 0.5) is 13.2 Å². The van der Waals surface area contributed by atoms with E-state index in [1.54, 1.807) is 6.92 Å². The monoisotopic (exact) mass is 316 g/mol. The molecule has 0 bridgehead atoms. The Morgan fingerprint density at radius 2 is 1.76 bits per heavy atom. The number of halogens is 3. The van der Waals surface area contributed by atoms with Crippen LogP contribution in [0.2, 0.25) is 0 Å². The van der Waals surface area contributed by atoms with Crippen LogP contribution in [0.25, 0.3) is 0 Å². The molecule has 0 saturated carbocycles. The first-order chi connectivity index (χ1) is 9.68. The Hall–Kier alpha value is -1.96. The van der Waals surface area contributed by atoms with Crippen LogP contribution in [0.5, 0.6) is 0 Å². The molecule has 0 amide bonds. The lowest BCUT2D eigenvalue weighted by atomic mass is 10.1. The Morgan fingerprint density at radius 3 is 2.33 bits per heavy atom. The number of hydrogen-bond donors (Lipinski definition) is 0. The van der Waals surface area contributed by atoms with Crippen molar-refractivity contribution in [1.82, 2.24) is 9.97 Å². The summed E-state index contributed by atoms with van der Waals surface area (Å²) in [5.41, 5.74) is -0.165. The predicted molar refractivity (Wildman–Crippen MR) is 69.1 cm³/mol. The van der Waals surface area contributed by atoms with Crippen molar-refractivity contribution in [3.8, 4) is 0 Å². The van der Waals surface area contributed by atoms with Gasteiger partial charge in [0.15, 0.2) is 0 Å². The summed E-state index contributed by atoms with van der Waals surface area (Å²) in [6.07, 6.45) is -1.84. The lowest BCUT2D eigenvalue weighted by molar-refractivity contribution is -0.137. The second kappa shape index (κ2) is 5.44. The van der Waals surface area contributed by atoms with E-state index >= 15 is 0 Å². The highest BCUT2D eigenvalue weighted by Crippen LogP contribution is 2.30. The summed E-state index contributed by atoms with van der Waals surface area (Å²) < 4.78 is 61.9. The molecule has 2 aromatic rings. The molecular weight excluding hydrogens is 305 g/mol. The number of aromatic nitrogens is 2. The maximum atomic E-state index is 12.6. The lowest BCUT2D eigenvalue weighted by Crippen LogP contribution is -2.11. The van der Waals surface area contributed by atoms with E-state index in [0.29, 0.717) is 5.56 Å². The Balaban J connectivity index is 2.31. The van der Waals surface area contributed by atoms with Gasteiger partial charge in [0.25, 0.3) is 0 Å². The van der Waals surface area contributed by atoms with Gasteiger partial charge < -0.3 is 0 Å². The third kappa shape index (κ3) is 3.78. The highest BCUT2D eigenvalue weighted by Gasteiger charge is 2.31. The molecule has 8 heteroatoms. The smallest absolute Gasteiger partial charge is 0.227 e. The number of alkyl halides is 3. The molecule has 0 fully saturated rings. The highest BCUT2D eigenvalue weighted by molar-refractivity contribution is 7.90. The summed E-state index contributed by atoms with van der Waals surface area (Å²) in [6, 6.07) is 4.19. The topological polar surface area (TPSA) is 59.9 Å². The van der Waals surface area contributed by atoms with Gasteiger partial charge in [0.1, 0.15) is 0 Å². The summed E-state index contributed by atoms with van der Waals surface area (Å²) in [5.74, 6) is -0.583. The van der Waals surface area contributed by atoms with Crippen molar-refractivity contribution in [1.29, 1.82) is 0 Å². The van der Waals surface area contributed by atoms with Crippen molar-refractivity contribution in [2.24, 2.45) is 0 Å². The summed E-state index contributed by atoms with van der Waals surface area (Å²) in [6.45, 7) is 1.70. The van der Waals surface area contributed by atoms with Gasteiger partial charge in [0.05, 0.1) is 11.3 Å². The first-order valence-electron chi connectivity index (χ1n) is 5.86. The first kappa shape index (κ1) is 15.4. The van der Waals surface area contributed by atoms with Crippen LogP contribution < -0.4 is 0 Å². The van der Waals surface area contributed by atoms with Gasteiger partial charge in [-0.25, -0.2) is 18.4 Å². The molecule has 0 aliphatic rings. The maximum Gasteiger partial charge on any atom is 0.416 e. The molecule has 0 unspecified atom stereocenters. The van der Waals surface area contributed by atoms with Gasteiger partial charge in [-0.15, -0.1) is 0 Å². The predicted octanol–water partition coefficient (Wildman–Crippen LogP) is 2.78. The van der Waals surface area contributed by atoms with Gasteiger partial charge in [-0.05, 0) is 24.1 Å². The number of hydrogen-bond acceptors (Lipinski definition) is 4. The molecule has 0 atom stereocenters. The second-order valence-electron chi connectivity index (χ2n) is 4.50. The van der Waals surface area contributed by atoms with E-state index < -0.39 is 32.5 Å². The molecule has 21 heavy (non-hydrogen) atoms. The second-order valence-corrected chi connectivity index (χ2v) is 6.38. The molecule has 4 nitrogen and oxygen atoms in total. The van der Waals surface area contributed by atoms with Gasteiger partial charge >= 0.3 is 6.18 Å². The average Bonchev–Trinajstić information content (AvgIpc) is 2.38. The minimum atomic E-state index is -4.51. The van der Waals surface area contributed by atoms with Crippen LogP contribution in [0.1, 0.15) is 16.7 Å². The molecule has 1 heterocycles. The van der Waals surface area contributed by atoms with Crippen LogP contribution in [-0.4, -0.2) is 18.4 Å². The molecule has 0 aliphatic carbocycles. The van der Waals surface area contributed by atoms with Crippen molar-refractivity contribution in [3.05, 3.63) is 53.3 Å². The SMILES string of the molecule is Cc1cnc(S(=O)(=O)Cc2cccc(C(F)(F)F)c2)nc1. The third-order valence-corrected chi connectivity index (χ3v) is 4.13. The minimum Gasteiger partial charge on any atom is -0.227 e. The molecule has 1 aromatic carbocycles. The van der Waals surface area contributed by atoms with Gasteiger partial charge in [0, 0.05) is 12.4 Å². The first-order valence-corrected chi connectivity index (χ1v) is 7.51. The van der Waals surface area contributed by atoms with E-state index in [9.17, 15) is 21.6 Å². The average molecular weight is 316 g/mol. The number of benzene rings is 1. The normalized spacial score (nSPS) is 12.4. The van der Waals surface area contributed by atoms with Gasteiger partial charge in [0.2, 0.25) is 15.0 Å². The zero-order valence-electron chi connectivity index (χ0n) is 10.9. The van der Waals surface area contributed by atoms with E-state index in [1.807, 2.05) is 0 Å². The largest absolute Gasteiger partial charge is 0.416 e. The van der Waals surface area contributed by atoms with Crippen LogP contribution in [0.3, 0.4) is 0 Å². The molecule has 0 N–H and O–H groups in total. The van der Waals surface area contributed by atoms with E-state index in [1.165, 1.54) is 24.5 Å². The minimum absolute atomic E-state index is 0.0361. The molecule has 1 aromatic heterocycles. The highest BCUT2D eigenvalue weighted by atomic mass is 32.2. The Bertz CT molecular complexity index is 741. The fourth-order valence-electron chi connectivity index (χ4n) is 1.66.